The van der Waals surface area contributed by atoms with Crippen LogP contribution in [0.1, 0.15) is 18.5 Å². The smallest absolute Gasteiger partial charge is 0.253 e. The lowest BCUT2D eigenvalue weighted by Gasteiger charge is -2.14. The molecule has 0 fully saturated rings. The third kappa shape index (κ3) is 3.05. The molecular formula is C15H12Cl2N4O. The van der Waals surface area contributed by atoms with Gasteiger partial charge in [-0.3, -0.25) is 4.79 Å². The van der Waals surface area contributed by atoms with Crippen molar-refractivity contribution >= 4 is 39.9 Å². The number of hydrogen-bond acceptors (Lipinski definition) is 4. The molecule has 0 spiro atoms. The number of aromatic amines is 1. The Kier molecular flexibility index (Phi) is 4.00. The Balaban J connectivity index is 1.98. The van der Waals surface area contributed by atoms with Crippen molar-refractivity contribution in [3.63, 3.8) is 0 Å². The molecule has 0 saturated carbocycles. The van der Waals surface area contributed by atoms with Gasteiger partial charge in [-0.1, -0.05) is 11.6 Å². The van der Waals surface area contributed by atoms with E-state index in [0.29, 0.717) is 16.4 Å². The van der Waals surface area contributed by atoms with E-state index in [9.17, 15) is 4.79 Å². The van der Waals surface area contributed by atoms with Gasteiger partial charge in [0.1, 0.15) is 5.82 Å². The lowest BCUT2D eigenvalue weighted by molar-refractivity contribution is 0.855. The Labute approximate surface area is 136 Å². The van der Waals surface area contributed by atoms with E-state index in [4.69, 9.17) is 23.2 Å². The standard InChI is InChI=1S/C15H12Cl2N4O/c1-8(19-13-4-5-18-15(17)21-13)11-7-9-6-10(16)2-3-12(9)20-14(11)22/h2-8H,1H3,(H,20,22)(H,18,19,21)/t8-/m0/s1. The average Bonchev–Trinajstić information content (AvgIpc) is 2.47. The van der Waals surface area contributed by atoms with Gasteiger partial charge in [-0.25, -0.2) is 9.97 Å². The molecule has 2 N–H and O–H groups in total. The molecule has 0 aliphatic heterocycles. The van der Waals surface area contributed by atoms with Gasteiger partial charge < -0.3 is 10.3 Å². The maximum atomic E-state index is 12.2. The Morgan fingerprint density at radius 2 is 2.05 bits per heavy atom. The summed E-state index contributed by atoms with van der Waals surface area (Å²) in [4.78, 5) is 23.0. The van der Waals surface area contributed by atoms with Crippen LogP contribution in [0.5, 0.6) is 0 Å². The highest BCUT2D eigenvalue weighted by Gasteiger charge is 2.12. The first kappa shape index (κ1) is 14.8. The van der Waals surface area contributed by atoms with Crippen LogP contribution in [0.4, 0.5) is 5.82 Å². The van der Waals surface area contributed by atoms with Crippen molar-refractivity contribution in [2.45, 2.75) is 13.0 Å². The predicted octanol–water partition coefficient (Wildman–Crippen LogP) is 3.80. The Morgan fingerprint density at radius 3 is 2.82 bits per heavy atom. The Hall–Kier alpha value is -2.11. The highest BCUT2D eigenvalue weighted by atomic mass is 35.5. The van der Waals surface area contributed by atoms with E-state index in [2.05, 4.69) is 20.3 Å². The lowest BCUT2D eigenvalue weighted by atomic mass is 10.1. The molecule has 112 valence electrons. The van der Waals surface area contributed by atoms with Crippen LogP contribution in [0.25, 0.3) is 10.9 Å². The molecule has 0 bridgehead atoms. The van der Waals surface area contributed by atoms with Crippen molar-refractivity contribution in [2.75, 3.05) is 5.32 Å². The van der Waals surface area contributed by atoms with Crippen LogP contribution in [-0.2, 0) is 0 Å². The molecule has 0 unspecified atom stereocenters. The van der Waals surface area contributed by atoms with Gasteiger partial charge in [-0.15, -0.1) is 0 Å². The van der Waals surface area contributed by atoms with E-state index in [0.717, 1.165) is 10.9 Å². The second-order valence-corrected chi connectivity index (χ2v) is 5.64. The van der Waals surface area contributed by atoms with Crippen LogP contribution < -0.4 is 10.9 Å². The van der Waals surface area contributed by atoms with E-state index in [-0.39, 0.29) is 16.9 Å². The van der Waals surface area contributed by atoms with Gasteiger partial charge in [-0.2, -0.15) is 0 Å². The van der Waals surface area contributed by atoms with Gasteiger partial charge in [0.25, 0.3) is 5.56 Å². The fraction of sp³-hybridized carbons (Fsp3) is 0.133. The number of H-pyrrole nitrogens is 1. The summed E-state index contributed by atoms with van der Waals surface area (Å²) in [5, 5.41) is 4.77. The maximum Gasteiger partial charge on any atom is 0.253 e. The first-order valence-corrected chi connectivity index (χ1v) is 7.36. The molecule has 0 amide bonds. The minimum atomic E-state index is -0.252. The molecule has 0 saturated heterocycles. The van der Waals surface area contributed by atoms with Crippen molar-refractivity contribution in [3.05, 3.63) is 62.8 Å². The molecule has 0 radical (unpaired) electrons. The number of fused-ring (bicyclic) bond motifs is 1. The SMILES string of the molecule is C[C@H](Nc1ccnc(Cl)n1)c1cc2cc(Cl)ccc2[nH]c1=O. The number of hydrogen-bond donors (Lipinski definition) is 2. The summed E-state index contributed by atoms with van der Waals surface area (Å²) in [7, 11) is 0. The molecule has 1 aromatic carbocycles. The summed E-state index contributed by atoms with van der Waals surface area (Å²) >= 11 is 11.8. The summed E-state index contributed by atoms with van der Waals surface area (Å²) in [6, 6.07) is 8.59. The molecule has 2 heterocycles. The number of nitrogens with zero attached hydrogens (tertiary/aromatic N) is 2. The quantitative estimate of drug-likeness (QED) is 0.714. The maximum absolute atomic E-state index is 12.2. The second-order valence-electron chi connectivity index (χ2n) is 4.86. The molecule has 1 atom stereocenters. The van der Waals surface area contributed by atoms with E-state index >= 15 is 0 Å². The average molecular weight is 335 g/mol. The van der Waals surface area contributed by atoms with E-state index < -0.39 is 0 Å². The van der Waals surface area contributed by atoms with Crippen molar-refractivity contribution in [1.29, 1.82) is 0 Å². The predicted molar refractivity (Wildman–Crippen MR) is 88.7 cm³/mol. The van der Waals surface area contributed by atoms with Crippen LogP contribution in [0, 0.1) is 0 Å². The zero-order chi connectivity index (χ0) is 15.7. The molecule has 5 nitrogen and oxygen atoms in total. The highest BCUT2D eigenvalue weighted by Crippen LogP contribution is 2.21. The normalized spacial score (nSPS) is 12.3. The summed E-state index contributed by atoms with van der Waals surface area (Å²) < 4.78 is 0. The molecular weight excluding hydrogens is 323 g/mol. The van der Waals surface area contributed by atoms with Gasteiger partial charge >= 0.3 is 0 Å². The fourth-order valence-corrected chi connectivity index (χ4v) is 2.56. The highest BCUT2D eigenvalue weighted by molar-refractivity contribution is 6.31. The molecule has 22 heavy (non-hydrogen) atoms. The topological polar surface area (TPSA) is 70.7 Å². The number of benzene rings is 1. The number of aromatic nitrogens is 3. The number of anilines is 1. The van der Waals surface area contributed by atoms with Gasteiger partial charge in [0, 0.05) is 27.7 Å². The number of pyridine rings is 1. The van der Waals surface area contributed by atoms with Crippen molar-refractivity contribution in [2.24, 2.45) is 0 Å². The molecule has 2 aromatic heterocycles. The fourth-order valence-electron chi connectivity index (χ4n) is 2.23. The molecule has 0 aliphatic carbocycles. The Bertz CT molecular complexity index is 894. The zero-order valence-electron chi connectivity index (χ0n) is 11.6. The summed E-state index contributed by atoms with van der Waals surface area (Å²) in [6.45, 7) is 1.87. The summed E-state index contributed by atoms with van der Waals surface area (Å²) in [5.41, 5.74) is 1.18. The van der Waals surface area contributed by atoms with Crippen LogP contribution in [0.15, 0.2) is 41.3 Å². The van der Waals surface area contributed by atoms with Crippen molar-refractivity contribution in [3.8, 4) is 0 Å². The van der Waals surface area contributed by atoms with Gasteiger partial charge in [0.15, 0.2) is 0 Å². The minimum absolute atomic E-state index is 0.149. The van der Waals surface area contributed by atoms with Gasteiger partial charge in [0.2, 0.25) is 5.28 Å². The number of halogens is 2. The third-order valence-corrected chi connectivity index (χ3v) is 3.71. The second kappa shape index (κ2) is 5.94. The van der Waals surface area contributed by atoms with E-state index in [1.165, 1.54) is 0 Å². The number of nitrogens with one attached hydrogen (secondary N) is 2. The third-order valence-electron chi connectivity index (χ3n) is 3.29. The molecule has 0 aliphatic rings. The largest absolute Gasteiger partial charge is 0.363 e. The van der Waals surface area contributed by atoms with Crippen LogP contribution in [0.2, 0.25) is 10.3 Å². The molecule has 7 heteroatoms. The summed E-state index contributed by atoms with van der Waals surface area (Å²) in [6.07, 6.45) is 1.55. The molecule has 3 rings (SSSR count). The van der Waals surface area contributed by atoms with Crippen LogP contribution >= 0.6 is 23.2 Å². The zero-order valence-corrected chi connectivity index (χ0v) is 13.1. The van der Waals surface area contributed by atoms with Gasteiger partial charge in [-0.05, 0) is 48.9 Å². The number of rotatable bonds is 3. The lowest BCUT2D eigenvalue weighted by Crippen LogP contribution is -2.19. The van der Waals surface area contributed by atoms with E-state index in [1.807, 2.05) is 19.1 Å². The minimum Gasteiger partial charge on any atom is -0.363 e. The van der Waals surface area contributed by atoms with Crippen LogP contribution in [0.3, 0.4) is 0 Å². The van der Waals surface area contributed by atoms with Crippen LogP contribution in [-0.4, -0.2) is 15.0 Å². The monoisotopic (exact) mass is 334 g/mol. The Morgan fingerprint density at radius 1 is 1.23 bits per heavy atom. The van der Waals surface area contributed by atoms with Crippen molar-refractivity contribution in [1.82, 2.24) is 15.0 Å². The summed E-state index contributed by atoms with van der Waals surface area (Å²) in [5.74, 6) is 0.554. The van der Waals surface area contributed by atoms with Gasteiger partial charge in [0.05, 0.1) is 6.04 Å². The first-order valence-electron chi connectivity index (χ1n) is 6.60. The van der Waals surface area contributed by atoms with E-state index in [1.54, 1.807) is 24.4 Å². The first-order chi connectivity index (χ1) is 10.5. The molecule has 3 aromatic rings. The van der Waals surface area contributed by atoms with Crippen molar-refractivity contribution < 1.29 is 0 Å².